The molecule has 0 N–H and O–H groups in total. The number of rotatable bonds is 6. The van der Waals surface area contributed by atoms with Crippen molar-refractivity contribution in [1.29, 1.82) is 0 Å². The minimum atomic E-state index is -0.677. The molecule has 1 aliphatic rings. The molecule has 1 heterocycles. The molecule has 0 radical (unpaired) electrons. The van der Waals surface area contributed by atoms with Crippen molar-refractivity contribution in [3.63, 3.8) is 0 Å². The van der Waals surface area contributed by atoms with Gasteiger partial charge in [0.25, 0.3) is 5.91 Å². The predicted octanol–water partition coefficient (Wildman–Crippen LogP) is 1.86. The molecule has 1 aromatic carbocycles. The van der Waals surface area contributed by atoms with E-state index in [-0.39, 0.29) is 12.7 Å². The van der Waals surface area contributed by atoms with E-state index in [1.165, 1.54) is 0 Å². The van der Waals surface area contributed by atoms with Crippen LogP contribution in [0.25, 0.3) is 0 Å². The van der Waals surface area contributed by atoms with E-state index in [9.17, 15) is 9.59 Å². The number of ether oxygens (including phenoxy) is 3. The number of likely N-dealkylation sites (N-methyl/N-ethyl adjacent to an activating group) is 1. The fourth-order valence-electron chi connectivity index (χ4n) is 2.17. The van der Waals surface area contributed by atoms with Crippen LogP contribution >= 0.6 is 0 Å². The molecular formula is C15H19NO5. The summed E-state index contributed by atoms with van der Waals surface area (Å²) in [6, 6.07) is 3.14. The number of nitrogens with zero attached hydrogens (tertiary/aromatic N) is 1. The van der Waals surface area contributed by atoms with Gasteiger partial charge in [-0.25, -0.2) is 0 Å². The third-order valence-electron chi connectivity index (χ3n) is 3.36. The second kappa shape index (κ2) is 6.47. The summed E-state index contributed by atoms with van der Waals surface area (Å²) < 4.78 is 16.1. The minimum Gasteiger partial charge on any atom is -0.480 e. The fourth-order valence-corrected chi connectivity index (χ4v) is 2.17. The molecule has 1 amide bonds. The van der Waals surface area contributed by atoms with Crippen LogP contribution in [-0.2, 0) is 4.79 Å². The van der Waals surface area contributed by atoms with E-state index in [1.54, 1.807) is 24.0 Å². The van der Waals surface area contributed by atoms with Crippen LogP contribution in [0, 0.1) is 0 Å². The van der Waals surface area contributed by atoms with Crippen molar-refractivity contribution in [2.45, 2.75) is 26.9 Å². The number of hydrogen-bond donors (Lipinski definition) is 0. The van der Waals surface area contributed by atoms with Gasteiger partial charge < -0.3 is 19.1 Å². The number of benzene rings is 1. The highest BCUT2D eigenvalue weighted by atomic mass is 16.7. The Morgan fingerprint density at radius 1 is 1.33 bits per heavy atom. The molecule has 1 aromatic rings. The van der Waals surface area contributed by atoms with Crippen molar-refractivity contribution in [2.75, 3.05) is 19.9 Å². The first-order valence-electron chi connectivity index (χ1n) is 6.94. The molecule has 0 aliphatic carbocycles. The van der Waals surface area contributed by atoms with Gasteiger partial charge in [-0.1, -0.05) is 0 Å². The summed E-state index contributed by atoms with van der Waals surface area (Å²) in [6.45, 7) is 6.83. The maximum absolute atomic E-state index is 12.2. The monoisotopic (exact) mass is 293 g/mol. The summed E-state index contributed by atoms with van der Waals surface area (Å²) in [5, 5.41) is 0. The lowest BCUT2D eigenvalue weighted by molar-refractivity contribution is -0.137. The summed E-state index contributed by atoms with van der Waals surface area (Å²) in [7, 11) is 0. The van der Waals surface area contributed by atoms with Crippen LogP contribution in [0.2, 0.25) is 0 Å². The zero-order valence-electron chi connectivity index (χ0n) is 12.4. The maximum atomic E-state index is 12.2. The Hall–Kier alpha value is -2.24. The van der Waals surface area contributed by atoms with Crippen LogP contribution in [0.3, 0.4) is 0 Å². The first-order chi connectivity index (χ1) is 10.1. The quantitative estimate of drug-likeness (QED) is 0.749. The Morgan fingerprint density at radius 3 is 2.52 bits per heavy atom. The Morgan fingerprint density at radius 2 is 1.95 bits per heavy atom. The Labute approximate surface area is 123 Å². The van der Waals surface area contributed by atoms with Crippen molar-refractivity contribution >= 4 is 12.2 Å². The fraction of sp³-hybridized carbons (Fsp3) is 0.467. The van der Waals surface area contributed by atoms with E-state index in [1.807, 2.05) is 13.8 Å². The van der Waals surface area contributed by atoms with Crippen molar-refractivity contribution in [3.05, 3.63) is 17.7 Å². The Balaban J connectivity index is 2.19. The summed E-state index contributed by atoms with van der Waals surface area (Å²) in [5.41, 5.74) is 0.332. The van der Waals surface area contributed by atoms with Gasteiger partial charge in [-0.2, -0.15) is 0 Å². The van der Waals surface area contributed by atoms with E-state index < -0.39 is 6.10 Å². The zero-order valence-corrected chi connectivity index (χ0v) is 12.4. The van der Waals surface area contributed by atoms with Gasteiger partial charge in [-0.05, 0) is 26.8 Å². The van der Waals surface area contributed by atoms with Gasteiger partial charge in [0, 0.05) is 19.2 Å². The standard InChI is InChI=1S/C15H19NO5/c1-4-16(5-2)15(18)10(3)21-12-7-14-13(19-9-20-14)6-11(12)8-17/h6-8,10H,4-5,9H2,1-3H3. The van der Waals surface area contributed by atoms with E-state index in [4.69, 9.17) is 14.2 Å². The maximum Gasteiger partial charge on any atom is 0.263 e. The number of carbonyl (C=O) groups excluding carboxylic acids is 2. The molecule has 0 bridgehead atoms. The number of carbonyl (C=O) groups is 2. The molecule has 0 saturated heterocycles. The summed E-state index contributed by atoms with van der Waals surface area (Å²) in [5.74, 6) is 1.22. The average Bonchev–Trinajstić information content (AvgIpc) is 2.94. The van der Waals surface area contributed by atoms with E-state index in [0.29, 0.717) is 42.2 Å². The molecule has 6 nitrogen and oxygen atoms in total. The molecular weight excluding hydrogens is 274 g/mol. The van der Waals surface area contributed by atoms with Crippen molar-refractivity contribution < 1.29 is 23.8 Å². The van der Waals surface area contributed by atoms with Crippen molar-refractivity contribution in [2.24, 2.45) is 0 Å². The van der Waals surface area contributed by atoms with Gasteiger partial charge >= 0.3 is 0 Å². The van der Waals surface area contributed by atoms with E-state index in [0.717, 1.165) is 0 Å². The van der Waals surface area contributed by atoms with Gasteiger partial charge in [0.2, 0.25) is 6.79 Å². The molecule has 1 atom stereocenters. The highest BCUT2D eigenvalue weighted by molar-refractivity contribution is 5.83. The third-order valence-corrected chi connectivity index (χ3v) is 3.36. The van der Waals surface area contributed by atoms with Crippen LogP contribution in [0.1, 0.15) is 31.1 Å². The van der Waals surface area contributed by atoms with E-state index in [2.05, 4.69) is 0 Å². The van der Waals surface area contributed by atoms with Crippen LogP contribution in [-0.4, -0.2) is 43.1 Å². The Kier molecular flexibility index (Phi) is 4.67. The van der Waals surface area contributed by atoms with Gasteiger partial charge in [0.15, 0.2) is 23.9 Å². The molecule has 21 heavy (non-hydrogen) atoms. The molecule has 6 heteroatoms. The number of fused-ring (bicyclic) bond motifs is 1. The number of amides is 1. The summed E-state index contributed by atoms with van der Waals surface area (Å²) in [4.78, 5) is 25.0. The second-order valence-corrected chi connectivity index (χ2v) is 4.63. The molecule has 1 unspecified atom stereocenters. The molecule has 0 aromatic heterocycles. The number of aldehydes is 1. The molecule has 0 saturated carbocycles. The first kappa shape index (κ1) is 15.2. The lowest BCUT2D eigenvalue weighted by Crippen LogP contribution is -2.40. The first-order valence-corrected chi connectivity index (χ1v) is 6.94. The van der Waals surface area contributed by atoms with Gasteiger partial charge in [-0.3, -0.25) is 9.59 Å². The topological polar surface area (TPSA) is 65.1 Å². The second-order valence-electron chi connectivity index (χ2n) is 4.63. The van der Waals surface area contributed by atoms with Crippen LogP contribution in [0.5, 0.6) is 17.2 Å². The predicted molar refractivity (Wildman–Crippen MR) is 76.0 cm³/mol. The van der Waals surface area contributed by atoms with Crippen molar-refractivity contribution in [3.8, 4) is 17.2 Å². The van der Waals surface area contributed by atoms with Crippen LogP contribution in [0.4, 0.5) is 0 Å². The smallest absolute Gasteiger partial charge is 0.263 e. The van der Waals surface area contributed by atoms with Crippen LogP contribution in [0.15, 0.2) is 12.1 Å². The molecule has 0 fully saturated rings. The Bertz CT molecular complexity index is 539. The summed E-state index contributed by atoms with van der Waals surface area (Å²) >= 11 is 0. The summed E-state index contributed by atoms with van der Waals surface area (Å²) in [6.07, 6.45) is -0.00436. The normalized spacial score (nSPS) is 13.7. The molecule has 1 aliphatic heterocycles. The lowest BCUT2D eigenvalue weighted by Gasteiger charge is -2.23. The molecule has 114 valence electrons. The lowest BCUT2D eigenvalue weighted by atomic mass is 10.2. The van der Waals surface area contributed by atoms with E-state index >= 15 is 0 Å². The SMILES string of the molecule is CCN(CC)C(=O)C(C)Oc1cc2c(cc1C=O)OCO2. The minimum absolute atomic E-state index is 0.116. The third kappa shape index (κ3) is 3.09. The largest absolute Gasteiger partial charge is 0.480 e. The van der Waals surface area contributed by atoms with Crippen LogP contribution < -0.4 is 14.2 Å². The average molecular weight is 293 g/mol. The van der Waals surface area contributed by atoms with Gasteiger partial charge in [0.05, 0.1) is 5.56 Å². The highest BCUT2D eigenvalue weighted by Gasteiger charge is 2.23. The van der Waals surface area contributed by atoms with Gasteiger partial charge in [-0.15, -0.1) is 0 Å². The van der Waals surface area contributed by atoms with Crippen molar-refractivity contribution in [1.82, 2.24) is 4.90 Å². The highest BCUT2D eigenvalue weighted by Crippen LogP contribution is 2.37. The van der Waals surface area contributed by atoms with Gasteiger partial charge in [0.1, 0.15) is 5.75 Å². The molecule has 2 rings (SSSR count). The number of hydrogen-bond acceptors (Lipinski definition) is 5. The zero-order chi connectivity index (χ0) is 15.4. The molecule has 0 spiro atoms.